The van der Waals surface area contributed by atoms with Crippen molar-refractivity contribution in [3.05, 3.63) is 98.5 Å². The van der Waals surface area contributed by atoms with Gasteiger partial charge in [0.2, 0.25) is 0 Å². The largest absolute Gasteiger partial charge is 0.465 e. The lowest BCUT2D eigenvalue weighted by Gasteiger charge is -2.24. The number of methoxy groups -OCH3 is 1. The first-order valence-corrected chi connectivity index (χ1v) is 10.8. The van der Waals surface area contributed by atoms with Gasteiger partial charge in [-0.05, 0) is 67.8 Å². The molecule has 0 saturated carbocycles. The normalized spacial score (nSPS) is 11.4. The maximum atomic E-state index is 13.1. The average Bonchev–Trinajstić information content (AvgIpc) is 2.81. The number of pyridine rings is 1. The predicted molar refractivity (Wildman–Crippen MR) is 125 cm³/mol. The van der Waals surface area contributed by atoms with Gasteiger partial charge >= 0.3 is 12.1 Å². The van der Waals surface area contributed by atoms with Gasteiger partial charge in [0.25, 0.3) is 5.56 Å². The van der Waals surface area contributed by atoms with Crippen LogP contribution in [0.1, 0.15) is 38.3 Å². The second-order valence-corrected chi connectivity index (χ2v) is 8.26. The van der Waals surface area contributed by atoms with E-state index in [4.69, 9.17) is 4.74 Å². The van der Waals surface area contributed by atoms with E-state index in [9.17, 15) is 22.8 Å². The van der Waals surface area contributed by atoms with Crippen molar-refractivity contribution in [1.82, 2.24) is 4.57 Å². The SMILES string of the molecule is COC(=O)c1ccc(CCn2c(CN(C)c3cccc(C(F)(F)F)c3)c(C)cc(C)c2=O)cc1. The molecule has 5 nitrogen and oxygen atoms in total. The molecule has 8 heteroatoms. The summed E-state index contributed by atoms with van der Waals surface area (Å²) >= 11 is 0. The zero-order chi connectivity index (χ0) is 25.0. The van der Waals surface area contributed by atoms with Crippen LogP contribution in [0.5, 0.6) is 0 Å². The number of aromatic nitrogens is 1. The van der Waals surface area contributed by atoms with Gasteiger partial charge in [-0.25, -0.2) is 4.79 Å². The number of ether oxygens (including phenoxy) is 1. The fraction of sp³-hybridized carbons (Fsp3) is 0.308. The van der Waals surface area contributed by atoms with Crippen LogP contribution in [0, 0.1) is 13.8 Å². The summed E-state index contributed by atoms with van der Waals surface area (Å²) in [5.41, 5.74) is 3.17. The number of hydrogen-bond donors (Lipinski definition) is 0. The monoisotopic (exact) mass is 472 g/mol. The molecule has 0 bridgehead atoms. The molecule has 0 aliphatic carbocycles. The van der Waals surface area contributed by atoms with Gasteiger partial charge in [0.15, 0.2) is 0 Å². The molecule has 0 aliphatic heterocycles. The van der Waals surface area contributed by atoms with Crippen molar-refractivity contribution >= 4 is 11.7 Å². The molecule has 3 aromatic rings. The van der Waals surface area contributed by atoms with Crippen molar-refractivity contribution in [1.29, 1.82) is 0 Å². The quantitative estimate of drug-likeness (QED) is 0.447. The molecule has 180 valence electrons. The topological polar surface area (TPSA) is 51.5 Å². The Morgan fingerprint density at radius 2 is 1.71 bits per heavy atom. The summed E-state index contributed by atoms with van der Waals surface area (Å²) in [4.78, 5) is 26.3. The van der Waals surface area contributed by atoms with Crippen LogP contribution in [-0.4, -0.2) is 24.7 Å². The van der Waals surface area contributed by atoms with Crippen LogP contribution in [0.3, 0.4) is 0 Å². The van der Waals surface area contributed by atoms with Crippen LogP contribution in [-0.2, 0) is 30.4 Å². The minimum absolute atomic E-state index is 0.135. The standard InChI is InChI=1S/C26H27F3N2O3/c1-17-14-18(2)24(32)31(13-12-19-8-10-20(11-9-19)25(33)34-4)23(17)16-30(3)22-7-5-6-21(15-22)26(27,28)29/h5-11,14-15H,12-13,16H2,1-4H3. The van der Waals surface area contributed by atoms with Crippen LogP contribution >= 0.6 is 0 Å². The minimum Gasteiger partial charge on any atom is -0.465 e. The van der Waals surface area contributed by atoms with Gasteiger partial charge in [-0.2, -0.15) is 13.2 Å². The molecule has 0 spiro atoms. The molecule has 0 fully saturated rings. The summed E-state index contributed by atoms with van der Waals surface area (Å²) in [5.74, 6) is -0.419. The Hall–Kier alpha value is -3.55. The first kappa shape index (κ1) is 25.1. The molecule has 0 amide bonds. The molecule has 1 heterocycles. The highest BCUT2D eigenvalue weighted by atomic mass is 19.4. The fourth-order valence-corrected chi connectivity index (χ4v) is 3.87. The first-order chi connectivity index (χ1) is 16.0. The van der Waals surface area contributed by atoms with Crippen LogP contribution < -0.4 is 10.5 Å². The summed E-state index contributed by atoms with van der Waals surface area (Å²) in [5, 5.41) is 0. The molecule has 0 aliphatic rings. The van der Waals surface area contributed by atoms with E-state index in [1.165, 1.54) is 13.2 Å². The third-order valence-electron chi connectivity index (χ3n) is 5.80. The van der Waals surface area contributed by atoms with E-state index in [0.29, 0.717) is 29.8 Å². The van der Waals surface area contributed by atoms with E-state index in [1.54, 1.807) is 47.7 Å². The van der Waals surface area contributed by atoms with Crippen LogP contribution in [0.15, 0.2) is 59.4 Å². The Morgan fingerprint density at radius 3 is 2.32 bits per heavy atom. The van der Waals surface area contributed by atoms with Gasteiger partial charge in [-0.1, -0.05) is 18.2 Å². The molecule has 34 heavy (non-hydrogen) atoms. The molecule has 0 atom stereocenters. The highest BCUT2D eigenvalue weighted by molar-refractivity contribution is 5.89. The Kier molecular flexibility index (Phi) is 7.49. The van der Waals surface area contributed by atoms with E-state index < -0.39 is 17.7 Å². The minimum atomic E-state index is -4.43. The lowest BCUT2D eigenvalue weighted by molar-refractivity contribution is -0.137. The maximum Gasteiger partial charge on any atom is 0.416 e. The molecule has 1 aromatic heterocycles. The van der Waals surface area contributed by atoms with Gasteiger partial charge in [0.05, 0.1) is 24.8 Å². The average molecular weight is 473 g/mol. The highest BCUT2D eigenvalue weighted by Crippen LogP contribution is 2.31. The third kappa shape index (κ3) is 5.68. The molecular formula is C26H27F3N2O3. The van der Waals surface area contributed by atoms with Crippen molar-refractivity contribution < 1.29 is 22.7 Å². The van der Waals surface area contributed by atoms with Crippen LogP contribution in [0.4, 0.5) is 18.9 Å². The Bertz CT molecular complexity index is 1230. The molecule has 2 aromatic carbocycles. The van der Waals surface area contributed by atoms with Gasteiger partial charge in [-0.15, -0.1) is 0 Å². The lowest BCUT2D eigenvalue weighted by Crippen LogP contribution is -2.31. The number of carbonyl (C=O) groups is 1. The summed E-state index contributed by atoms with van der Waals surface area (Å²) in [6.07, 6.45) is -3.88. The Labute approximate surface area is 196 Å². The third-order valence-corrected chi connectivity index (χ3v) is 5.80. The number of benzene rings is 2. The molecule has 0 radical (unpaired) electrons. The molecule has 0 unspecified atom stereocenters. The van der Waals surface area contributed by atoms with E-state index >= 15 is 0 Å². The number of hydrogen-bond acceptors (Lipinski definition) is 4. The number of carbonyl (C=O) groups excluding carboxylic acids is 1. The zero-order valence-corrected chi connectivity index (χ0v) is 19.6. The van der Waals surface area contributed by atoms with Gasteiger partial charge in [0.1, 0.15) is 0 Å². The van der Waals surface area contributed by atoms with Gasteiger partial charge < -0.3 is 14.2 Å². The summed E-state index contributed by atoms with van der Waals surface area (Å²) in [6.45, 7) is 4.30. The van der Waals surface area contributed by atoms with Crippen molar-refractivity contribution in [2.75, 3.05) is 19.1 Å². The number of esters is 1. The number of alkyl halides is 3. The number of rotatable bonds is 7. The highest BCUT2D eigenvalue weighted by Gasteiger charge is 2.30. The number of halogens is 3. The van der Waals surface area contributed by atoms with Crippen molar-refractivity contribution in [3.8, 4) is 0 Å². The second kappa shape index (κ2) is 10.2. The van der Waals surface area contributed by atoms with Crippen LogP contribution in [0.25, 0.3) is 0 Å². The number of nitrogens with zero attached hydrogens (tertiary/aromatic N) is 2. The number of anilines is 1. The maximum absolute atomic E-state index is 13.1. The van der Waals surface area contributed by atoms with Crippen LogP contribution in [0.2, 0.25) is 0 Å². The number of aryl methyl sites for hydroxylation is 3. The summed E-state index contributed by atoms with van der Waals surface area (Å²) in [7, 11) is 3.02. The predicted octanol–water partition coefficient (Wildman–Crippen LogP) is 5.15. The van der Waals surface area contributed by atoms with E-state index in [1.807, 2.05) is 19.1 Å². The molecule has 0 saturated heterocycles. The fourth-order valence-electron chi connectivity index (χ4n) is 3.87. The van der Waals surface area contributed by atoms with E-state index in [2.05, 4.69) is 0 Å². The van der Waals surface area contributed by atoms with E-state index in [0.717, 1.165) is 29.0 Å². The molecule has 3 rings (SSSR count). The molecular weight excluding hydrogens is 445 g/mol. The van der Waals surface area contributed by atoms with Crippen molar-refractivity contribution in [2.45, 2.75) is 39.5 Å². The van der Waals surface area contributed by atoms with Gasteiger partial charge in [-0.3, -0.25) is 4.79 Å². The smallest absolute Gasteiger partial charge is 0.416 e. The van der Waals surface area contributed by atoms with Crippen molar-refractivity contribution in [3.63, 3.8) is 0 Å². The van der Waals surface area contributed by atoms with E-state index in [-0.39, 0.29) is 12.1 Å². The zero-order valence-electron chi connectivity index (χ0n) is 19.6. The Balaban J connectivity index is 1.87. The summed E-state index contributed by atoms with van der Waals surface area (Å²) in [6, 6.07) is 13.9. The first-order valence-electron chi connectivity index (χ1n) is 10.8. The van der Waals surface area contributed by atoms with Gasteiger partial charge in [0, 0.05) is 30.5 Å². The lowest BCUT2D eigenvalue weighted by atomic mass is 10.1. The summed E-state index contributed by atoms with van der Waals surface area (Å²) < 4.78 is 45.8. The molecule has 0 N–H and O–H groups in total. The Morgan fingerprint density at radius 1 is 1.03 bits per heavy atom. The second-order valence-electron chi connectivity index (χ2n) is 8.26. The van der Waals surface area contributed by atoms with Crippen molar-refractivity contribution in [2.24, 2.45) is 0 Å².